The van der Waals surface area contributed by atoms with Crippen molar-refractivity contribution in [2.75, 3.05) is 31.7 Å². The summed E-state index contributed by atoms with van der Waals surface area (Å²) in [6.45, 7) is 2.66. The van der Waals surface area contributed by atoms with Crippen LogP contribution in [0.3, 0.4) is 0 Å². The fourth-order valence-electron chi connectivity index (χ4n) is 4.65. The minimum atomic E-state index is -4.47. The van der Waals surface area contributed by atoms with Crippen LogP contribution in [0.1, 0.15) is 113 Å². The number of nitrogens with one attached hydrogen (secondary N) is 1. The molecule has 0 unspecified atom stereocenters. The highest BCUT2D eigenvalue weighted by Gasteiger charge is 2.30. The summed E-state index contributed by atoms with van der Waals surface area (Å²) >= 11 is 0. The molecule has 9 heteroatoms. The first-order chi connectivity index (χ1) is 20.8. The molecule has 0 atom stereocenters. The van der Waals surface area contributed by atoms with Gasteiger partial charge in [-0.1, -0.05) is 102 Å². The van der Waals surface area contributed by atoms with Crippen molar-refractivity contribution in [3.8, 4) is 0 Å². The zero-order valence-corrected chi connectivity index (χ0v) is 25.5. The first-order valence-electron chi connectivity index (χ1n) is 15.7. The predicted molar refractivity (Wildman–Crippen MR) is 164 cm³/mol. The lowest BCUT2D eigenvalue weighted by molar-refractivity contribution is -0.145. The largest absolute Gasteiger partial charge is 0.463 e. The molecule has 0 radical (unpaired) electrons. The van der Waals surface area contributed by atoms with Crippen LogP contribution < -0.4 is 5.32 Å². The predicted octanol–water partition coefficient (Wildman–Crippen LogP) is 9.65. The number of hydrogen-bond acceptors (Lipinski definition) is 6. The highest BCUT2D eigenvalue weighted by atomic mass is 19.4. The van der Waals surface area contributed by atoms with E-state index in [9.17, 15) is 22.8 Å². The molecule has 0 aliphatic carbocycles. The number of carbonyl (C=O) groups excluding carboxylic acids is 2. The number of rotatable bonds is 23. The summed E-state index contributed by atoms with van der Waals surface area (Å²) in [5.74, 6) is -0.870. The lowest BCUT2D eigenvalue weighted by atomic mass is 10.0. The Kier molecular flexibility index (Phi) is 18.1. The molecule has 1 N–H and O–H groups in total. The Morgan fingerprint density at radius 1 is 0.698 bits per heavy atom. The van der Waals surface area contributed by atoms with Gasteiger partial charge in [-0.25, -0.2) is 4.79 Å². The van der Waals surface area contributed by atoms with Crippen LogP contribution in [0.15, 0.2) is 48.5 Å². The molecule has 0 heterocycles. The zero-order chi connectivity index (χ0) is 31.2. The summed E-state index contributed by atoms with van der Waals surface area (Å²) < 4.78 is 54.9. The van der Waals surface area contributed by atoms with Crippen molar-refractivity contribution in [3.63, 3.8) is 0 Å². The molecule has 0 spiro atoms. The maximum absolute atomic E-state index is 13.0. The van der Waals surface area contributed by atoms with Crippen LogP contribution in [-0.2, 0) is 25.2 Å². The third kappa shape index (κ3) is 16.4. The summed E-state index contributed by atoms with van der Waals surface area (Å²) in [4.78, 5) is 24.5. The van der Waals surface area contributed by atoms with Gasteiger partial charge in [0, 0.05) is 12.1 Å². The molecule has 0 aliphatic rings. The van der Waals surface area contributed by atoms with E-state index < -0.39 is 17.7 Å². The molecule has 0 aromatic heterocycles. The van der Waals surface area contributed by atoms with Crippen molar-refractivity contribution in [2.24, 2.45) is 0 Å². The quantitative estimate of drug-likeness (QED) is 0.100. The Morgan fingerprint density at radius 3 is 1.91 bits per heavy atom. The van der Waals surface area contributed by atoms with Crippen LogP contribution >= 0.6 is 0 Å². The molecule has 0 bridgehead atoms. The van der Waals surface area contributed by atoms with Crippen LogP contribution in [-0.4, -0.2) is 38.4 Å². The number of ether oxygens (including phenoxy) is 3. The Hall–Kier alpha value is -3.07. The standard InChI is InChI=1S/C34H48F3NO5/c1-2-3-4-5-6-7-8-9-10-11-12-13-14-22-32(39)42-25-23-41-24-26-43-33(40)30-20-15-16-21-31(30)38-29-19-17-18-28(27-29)34(35,36)37/h15-21,27,38H,2-14,22-26H2,1H3. The fraction of sp³-hybridized carbons (Fsp3) is 0.588. The highest BCUT2D eigenvalue weighted by Crippen LogP contribution is 2.32. The Morgan fingerprint density at radius 2 is 1.28 bits per heavy atom. The molecule has 240 valence electrons. The van der Waals surface area contributed by atoms with Crippen LogP contribution in [0.4, 0.5) is 24.5 Å². The number of carbonyl (C=O) groups is 2. The summed E-state index contributed by atoms with van der Waals surface area (Å²) in [6.07, 6.45) is 12.2. The van der Waals surface area contributed by atoms with E-state index in [1.54, 1.807) is 18.2 Å². The SMILES string of the molecule is CCCCCCCCCCCCCCCC(=O)OCCOCCOC(=O)c1ccccc1Nc1cccc(C(F)(F)F)c1. The summed E-state index contributed by atoms with van der Waals surface area (Å²) in [7, 11) is 0. The number of esters is 2. The fourth-order valence-corrected chi connectivity index (χ4v) is 4.65. The van der Waals surface area contributed by atoms with Crippen molar-refractivity contribution in [3.05, 3.63) is 59.7 Å². The molecular weight excluding hydrogens is 559 g/mol. The number of anilines is 2. The maximum atomic E-state index is 13.0. The Balaban J connectivity index is 1.50. The molecule has 2 aromatic rings. The van der Waals surface area contributed by atoms with Crippen molar-refractivity contribution in [1.82, 2.24) is 0 Å². The normalized spacial score (nSPS) is 11.3. The second-order valence-electron chi connectivity index (χ2n) is 10.7. The average Bonchev–Trinajstić information content (AvgIpc) is 2.99. The van der Waals surface area contributed by atoms with Gasteiger partial charge in [0.2, 0.25) is 0 Å². The third-order valence-electron chi connectivity index (χ3n) is 7.05. The molecule has 0 fully saturated rings. The molecule has 2 aromatic carbocycles. The van der Waals surface area contributed by atoms with Gasteiger partial charge in [0.25, 0.3) is 0 Å². The number of hydrogen-bond donors (Lipinski definition) is 1. The van der Waals surface area contributed by atoms with Gasteiger partial charge in [0.15, 0.2) is 0 Å². The van der Waals surface area contributed by atoms with Gasteiger partial charge in [0.1, 0.15) is 13.2 Å². The number of para-hydroxylation sites is 1. The van der Waals surface area contributed by atoms with E-state index in [-0.39, 0.29) is 43.6 Å². The van der Waals surface area contributed by atoms with Gasteiger partial charge in [-0.3, -0.25) is 4.79 Å². The number of benzene rings is 2. The molecule has 0 saturated heterocycles. The van der Waals surface area contributed by atoms with E-state index in [0.29, 0.717) is 12.1 Å². The number of unbranched alkanes of at least 4 members (excludes halogenated alkanes) is 12. The van der Waals surface area contributed by atoms with E-state index >= 15 is 0 Å². The van der Waals surface area contributed by atoms with Gasteiger partial charge < -0.3 is 19.5 Å². The van der Waals surface area contributed by atoms with Gasteiger partial charge in [-0.15, -0.1) is 0 Å². The number of alkyl halides is 3. The molecular formula is C34H48F3NO5. The average molecular weight is 608 g/mol. The van der Waals surface area contributed by atoms with Crippen LogP contribution in [0.25, 0.3) is 0 Å². The molecule has 6 nitrogen and oxygen atoms in total. The smallest absolute Gasteiger partial charge is 0.416 e. The van der Waals surface area contributed by atoms with E-state index in [1.165, 1.54) is 82.4 Å². The van der Waals surface area contributed by atoms with Gasteiger partial charge in [0.05, 0.1) is 30.0 Å². The van der Waals surface area contributed by atoms with Crippen molar-refractivity contribution >= 4 is 23.3 Å². The third-order valence-corrected chi connectivity index (χ3v) is 7.05. The van der Waals surface area contributed by atoms with Crippen molar-refractivity contribution in [2.45, 2.75) is 103 Å². The Bertz CT molecular complexity index is 1060. The van der Waals surface area contributed by atoms with Gasteiger partial charge in [-0.05, 0) is 36.8 Å². The summed E-state index contributed by atoms with van der Waals surface area (Å²) in [5.41, 5.74) is -0.0906. The lowest BCUT2D eigenvalue weighted by Gasteiger charge is -2.13. The van der Waals surface area contributed by atoms with Crippen LogP contribution in [0.2, 0.25) is 0 Å². The first-order valence-corrected chi connectivity index (χ1v) is 15.7. The van der Waals surface area contributed by atoms with Gasteiger partial charge in [-0.2, -0.15) is 13.2 Å². The second-order valence-corrected chi connectivity index (χ2v) is 10.7. The Labute approximate surface area is 254 Å². The molecule has 0 amide bonds. The zero-order valence-electron chi connectivity index (χ0n) is 25.5. The molecule has 2 rings (SSSR count). The highest BCUT2D eigenvalue weighted by molar-refractivity contribution is 5.96. The van der Waals surface area contributed by atoms with Crippen LogP contribution in [0, 0.1) is 0 Å². The lowest BCUT2D eigenvalue weighted by Crippen LogP contribution is -2.15. The van der Waals surface area contributed by atoms with Crippen LogP contribution in [0.5, 0.6) is 0 Å². The summed E-state index contributed by atoms with van der Waals surface area (Å²) in [6, 6.07) is 11.1. The monoisotopic (exact) mass is 607 g/mol. The van der Waals surface area contributed by atoms with Crippen molar-refractivity contribution < 1.29 is 37.0 Å². The van der Waals surface area contributed by atoms with E-state index in [0.717, 1.165) is 31.4 Å². The minimum Gasteiger partial charge on any atom is -0.463 e. The topological polar surface area (TPSA) is 73.9 Å². The molecule has 43 heavy (non-hydrogen) atoms. The second kappa shape index (κ2) is 21.6. The number of halogens is 3. The van der Waals surface area contributed by atoms with Gasteiger partial charge >= 0.3 is 18.1 Å². The van der Waals surface area contributed by atoms with E-state index in [4.69, 9.17) is 14.2 Å². The first kappa shape index (κ1) is 36.1. The minimum absolute atomic E-state index is 0.0242. The molecule has 0 saturated carbocycles. The summed E-state index contributed by atoms with van der Waals surface area (Å²) in [5, 5.41) is 2.85. The van der Waals surface area contributed by atoms with E-state index in [1.807, 2.05) is 0 Å². The molecule has 0 aliphatic heterocycles. The maximum Gasteiger partial charge on any atom is 0.416 e. The van der Waals surface area contributed by atoms with E-state index in [2.05, 4.69) is 12.2 Å². The van der Waals surface area contributed by atoms with Crippen molar-refractivity contribution in [1.29, 1.82) is 0 Å².